The van der Waals surface area contributed by atoms with E-state index in [0.29, 0.717) is 43.4 Å². The summed E-state index contributed by atoms with van der Waals surface area (Å²) in [6, 6.07) is 26.0. The zero-order chi connectivity index (χ0) is 28.1. The molecule has 0 aliphatic carbocycles. The van der Waals surface area contributed by atoms with Crippen LogP contribution in [-0.4, -0.2) is 67.0 Å². The van der Waals surface area contributed by atoms with Crippen LogP contribution in [0.3, 0.4) is 0 Å². The third kappa shape index (κ3) is 6.57. The summed E-state index contributed by atoms with van der Waals surface area (Å²) in [5.74, 6) is 0.736. The standard InChI is InChI=1S/C33H36ClN3O3/c1-23(38)37-21-27-20-28(26-12-8-11-25(19-26)16-18-40-31-14-7-6-13-29(31)34)32(30(22-37)35-27)33(39)36(2)17-15-24-9-4-3-5-10-24/h3-14,19,27,30,35H,15-18,20-22H2,1-2H3. The lowest BCUT2D eigenvalue weighted by Crippen LogP contribution is -2.61. The molecule has 3 aromatic rings. The van der Waals surface area contributed by atoms with Gasteiger partial charge in [-0.15, -0.1) is 0 Å². The summed E-state index contributed by atoms with van der Waals surface area (Å²) in [6.07, 6.45) is 2.19. The Morgan fingerprint density at radius 2 is 1.73 bits per heavy atom. The van der Waals surface area contributed by atoms with Crippen LogP contribution < -0.4 is 10.1 Å². The molecule has 2 bridgehead atoms. The van der Waals surface area contributed by atoms with Crippen molar-refractivity contribution >= 4 is 29.0 Å². The Kier molecular flexibility index (Phi) is 8.88. The average molecular weight is 558 g/mol. The minimum absolute atomic E-state index is 0.0136. The lowest BCUT2D eigenvalue weighted by atomic mass is 9.82. The van der Waals surface area contributed by atoms with Gasteiger partial charge < -0.3 is 19.9 Å². The van der Waals surface area contributed by atoms with Crippen LogP contribution in [0, 0.1) is 0 Å². The molecular weight excluding hydrogens is 522 g/mol. The maximum absolute atomic E-state index is 14.0. The molecule has 3 aromatic carbocycles. The summed E-state index contributed by atoms with van der Waals surface area (Å²) in [6.45, 7) is 3.86. The predicted octanol–water partition coefficient (Wildman–Crippen LogP) is 5.01. The molecule has 2 heterocycles. The second-order valence-electron chi connectivity index (χ2n) is 10.6. The number of ether oxygens (including phenoxy) is 1. The highest BCUT2D eigenvalue weighted by atomic mass is 35.5. The van der Waals surface area contributed by atoms with E-state index < -0.39 is 0 Å². The van der Waals surface area contributed by atoms with E-state index >= 15 is 0 Å². The highest BCUT2D eigenvalue weighted by Crippen LogP contribution is 2.34. The number of nitrogens with zero attached hydrogens (tertiary/aromatic N) is 2. The minimum atomic E-state index is -0.203. The average Bonchev–Trinajstić information content (AvgIpc) is 2.97. The molecule has 0 saturated carbocycles. The molecule has 0 spiro atoms. The van der Waals surface area contributed by atoms with Crippen molar-refractivity contribution in [3.63, 3.8) is 0 Å². The van der Waals surface area contributed by atoms with E-state index in [1.807, 2.05) is 65.4 Å². The number of carbonyl (C=O) groups is 2. The second kappa shape index (κ2) is 12.7. The van der Waals surface area contributed by atoms with Gasteiger partial charge in [-0.05, 0) is 47.2 Å². The first kappa shape index (κ1) is 27.9. The number of rotatable bonds is 9. The SMILES string of the molecule is CC(=O)N1CC2CC(c3cccc(CCOc4ccccc4Cl)c3)=C(C(=O)N(C)CCc3ccccc3)C(C1)N2. The van der Waals surface area contributed by atoms with Crippen LogP contribution in [0.2, 0.25) is 5.02 Å². The van der Waals surface area contributed by atoms with Gasteiger partial charge in [-0.3, -0.25) is 9.59 Å². The number of amides is 2. The fourth-order valence-electron chi connectivity index (χ4n) is 5.63. The van der Waals surface area contributed by atoms with Crippen molar-refractivity contribution in [1.82, 2.24) is 15.1 Å². The monoisotopic (exact) mass is 557 g/mol. The van der Waals surface area contributed by atoms with Gasteiger partial charge in [0.05, 0.1) is 17.7 Å². The van der Waals surface area contributed by atoms with E-state index in [0.717, 1.165) is 35.1 Å². The number of nitrogens with one attached hydrogen (secondary N) is 1. The lowest BCUT2D eigenvalue weighted by molar-refractivity contribution is -0.132. The molecule has 1 N–H and O–H groups in total. The highest BCUT2D eigenvalue weighted by Gasteiger charge is 2.39. The molecule has 1 fully saturated rings. The molecule has 2 amide bonds. The van der Waals surface area contributed by atoms with Crippen LogP contribution >= 0.6 is 11.6 Å². The van der Waals surface area contributed by atoms with Crippen molar-refractivity contribution in [3.05, 3.63) is 106 Å². The Hall–Kier alpha value is -3.61. The molecule has 5 rings (SSSR count). The molecule has 0 radical (unpaired) electrons. The van der Waals surface area contributed by atoms with Gasteiger partial charge in [-0.25, -0.2) is 0 Å². The third-order valence-corrected chi connectivity index (χ3v) is 8.08. The topological polar surface area (TPSA) is 61.9 Å². The van der Waals surface area contributed by atoms with Crippen LogP contribution in [0.4, 0.5) is 0 Å². The number of likely N-dealkylation sites (N-methyl/N-ethyl adjacent to an activating group) is 1. The number of carbonyl (C=O) groups excluding carboxylic acids is 2. The molecule has 2 atom stereocenters. The molecule has 2 aliphatic heterocycles. The Morgan fingerprint density at radius 3 is 2.50 bits per heavy atom. The van der Waals surface area contributed by atoms with Crippen molar-refractivity contribution in [1.29, 1.82) is 0 Å². The number of para-hydroxylation sites is 1. The first-order valence-corrected chi connectivity index (χ1v) is 14.3. The summed E-state index contributed by atoms with van der Waals surface area (Å²) >= 11 is 6.24. The van der Waals surface area contributed by atoms with Gasteiger partial charge >= 0.3 is 0 Å². The van der Waals surface area contributed by atoms with Gasteiger partial charge in [0, 0.05) is 51.6 Å². The smallest absolute Gasteiger partial charge is 0.251 e. The van der Waals surface area contributed by atoms with E-state index in [9.17, 15) is 9.59 Å². The number of halogens is 1. The number of benzene rings is 3. The summed E-state index contributed by atoms with van der Waals surface area (Å²) in [7, 11) is 1.87. The number of piperazine rings is 1. The van der Waals surface area contributed by atoms with Crippen molar-refractivity contribution in [3.8, 4) is 5.75 Å². The quantitative estimate of drug-likeness (QED) is 0.402. The summed E-state index contributed by atoms with van der Waals surface area (Å²) < 4.78 is 5.92. The van der Waals surface area contributed by atoms with Crippen LogP contribution in [0.1, 0.15) is 30.0 Å². The Labute approximate surface area is 241 Å². The molecule has 2 unspecified atom stereocenters. The zero-order valence-electron chi connectivity index (χ0n) is 23.1. The molecule has 6 nitrogen and oxygen atoms in total. The van der Waals surface area contributed by atoms with Crippen molar-refractivity contribution in [2.75, 3.05) is 33.3 Å². The summed E-state index contributed by atoms with van der Waals surface area (Å²) in [5.41, 5.74) is 5.23. The molecule has 40 heavy (non-hydrogen) atoms. The van der Waals surface area contributed by atoms with E-state index in [2.05, 4.69) is 35.6 Å². The fraction of sp³-hybridized carbons (Fsp3) is 0.333. The van der Waals surface area contributed by atoms with Gasteiger partial charge in [0.25, 0.3) is 5.91 Å². The normalized spacial score (nSPS) is 18.4. The van der Waals surface area contributed by atoms with Gasteiger partial charge in [-0.2, -0.15) is 0 Å². The van der Waals surface area contributed by atoms with Gasteiger partial charge in [0.15, 0.2) is 0 Å². The molecule has 1 saturated heterocycles. The molecule has 0 aromatic heterocycles. The van der Waals surface area contributed by atoms with E-state index in [-0.39, 0.29) is 23.9 Å². The predicted molar refractivity (Wildman–Crippen MR) is 159 cm³/mol. The van der Waals surface area contributed by atoms with E-state index in [1.165, 1.54) is 5.56 Å². The van der Waals surface area contributed by atoms with Crippen molar-refractivity contribution in [2.24, 2.45) is 0 Å². The van der Waals surface area contributed by atoms with Crippen molar-refractivity contribution in [2.45, 2.75) is 38.3 Å². The number of hydrogen-bond acceptors (Lipinski definition) is 4. The Balaban J connectivity index is 1.39. The molecule has 2 aliphatic rings. The summed E-state index contributed by atoms with van der Waals surface area (Å²) in [5, 5.41) is 4.24. The van der Waals surface area contributed by atoms with Gasteiger partial charge in [0.1, 0.15) is 5.75 Å². The Morgan fingerprint density at radius 1 is 0.975 bits per heavy atom. The van der Waals surface area contributed by atoms with E-state index in [4.69, 9.17) is 16.3 Å². The summed E-state index contributed by atoms with van der Waals surface area (Å²) in [4.78, 5) is 30.0. The first-order chi connectivity index (χ1) is 19.4. The van der Waals surface area contributed by atoms with E-state index in [1.54, 1.807) is 6.92 Å². The highest BCUT2D eigenvalue weighted by molar-refractivity contribution is 6.32. The van der Waals surface area contributed by atoms with Crippen LogP contribution in [0.15, 0.2) is 84.4 Å². The third-order valence-electron chi connectivity index (χ3n) is 7.77. The first-order valence-electron chi connectivity index (χ1n) is 13.9. The zero-order valence-corrected chi connectivity index (χ0v) is 23.9. The van der Waals surface area contributed by atoms with Crippen LogP contribution in [-0.2, 0) is 22.4 Å². The lowest BCUT2D eigenvalue weighted by Gasteiger charge is -2.44. The largest absolute Gasteiger partial charge is 0.492 e. The molecule has 7 heteroatoms. The molecule has 208 valence electrons. The number of fused-ring (bicyclic) bond motifs is 2. The van der Waals surface area contributed by atoms with Gasteiger partial charge in [-0.1, -0.05) is 78.3 Å². The number of hydrogen-bond donors (Lipinski definition) is 1. The maximum Gasteiger partial charge on any atom is 0.251 e. The molecular formula is C33H36ClN3O3. The van der Waals surface area contributed by atoms with Gasteiger partial charge in [0.2, 0.25) is 5.91 Å². The van der Waals surface area contributed by atoms with Crippen molar-refractivity contribution < 1.29 is 14.3 Å². The maximum atomic E-state index is 14.0. The van der Waals surface area contributed by atoms with Crippen LogP contribution in [0.25, 0.3) is 5.57 Å². The second-order valence-corrected chi connectivity index (χ2v) is 11.0. The Bertz CT molecular complexity index is 1390. The minimum Gasteiger partial charge on any atom is -0.492 e. The van der Waals surface area contributed by atoms with Crippen LogP contribution in [0.5, 0.6) is 5.75 Å². The fourth-order valence-corrected chi connectivity index (χ4v) is 5.82.